The van der Waals surface area contributed by atoms with Gasteiger partial charge in [-0.15, -0.1) is 0 Å². The lowest BCUT2D eigenvalue weighted by Crippen LogP contribution is -1.92. The molecule has 2 heteroatoms. The van der Waals surface area contributed by atoms with Crippen molar-refractivity contribution in [2.24, 2.45) is 0 Å². The van der Waals surface area contributed by atoms with Crippen molar-refractivity contribution < 1.29 is 0 Å². The largest absolute Gasteiger partial charge is 0.342 e. The molecular formula is C15H13N2. The summed E-state index contributed by atoms with van der Waals surface area (Å²) in [5.41, 5.74) is 3.43. The van der Waals surface area contributed by atoms with E-state index < -0.39 is 0 Å². The maximum atomic E-state index is 4.55. The fourth-order valence-electron chi connectivity index (χ4n) is 1.97. The Labute approximate surface area is 100 Å². The molecule has 0 fully saturated rings. The monoisotopic (exact) mass is 221 g/mol. The standard InChI is InChI=1S/C15H13N2/c1-2-6-12(7-3-1)10-11-15-16-13-8-4-5-9-14(13)17-15/h1-4,6-9H,10-11H2,(H,16,17). The van der Waals surface area contributed by atoms with Crippen LogP contribution < -0.4 is 0 Å². The molecule has 17 heavy (non-hydrogen) atoms. The van der Waals surface area contributed by atoms with Crippen molar-refractivity contribution in [1.29, 1.82) is 0 Å². The van der Waals surface area contributed by atoms with Crippen LogP contribution >= 0.6 is 0 Å². The Morgan fingerprint density at radius 3 is 2.76 bits per heavy atom. The predicted octanol–water partition coefficient (Wildman–Crippen LogP) is 3.15. The second-order valence-electron chi connectivity index (χ2n) is 4.11. The van der Waals surface area contributed by atoms with Crippen molar-refractivity contribution >= 4 is 11.0 Å². The van der Waals surface area contributed by atoms with E-state index in [4.69, 9.17) is 0 Å². The average Bonchev–Trinajstić information content (AvgIpc) is 2.80. The van der Waals surface area contributed by atoms with Crippen LogP contribution in [0.5, 0.6) is 0 Å². The molecule has 1 aromatic heterocycles. The van der Waals surface area contributed by atoms with Gasteiger partial charge < -0.3 is 4.98 Å². The zero-order valence-electron chi connectivity index (χ0n) is 9.48. The van der Waals surface area contributed by atoms with Crippen LogP contribution in [0, 0.1) is 6.07 Å². The number of hydrogen-bond donors (Lipinski definition) is 1. The van der Waals surface area contributed by atoms with Gasteiger partial charge in [-0.3, -0.25) is 0 Å². The number of imidazole rings is 1. The third-order valence-corrected chi connectivity index (χ3v) is 2.87. The number of rotatable bonds is 3. The molecule has 2 nitrogen and oxygen atoms in total. The van der Waals surface area contributed by atoms with E-state index in [1.165, 1.54) is 5.56 Å². The van der Waals surface area contributed by atoms with Gasteiger partial charge in [0.1, 0.15) is 5.82 Å². The van der Waals surface area contributed by atoms with Crippen LogP contribution in [0.25, 0.3) is 11.0 Å². The smallest absolute Gasteiger partial charge is 0.107 e. The number of aryl methyl sites for hydroxylation is 2. The number of hydrogen-bond acceptors (Lipinski definition) is 1. The van der Waals surface area contributed by atoms with Gasteiger partial charge in [-0.25, -0.2) is 4.98 Å². The fourth-order valence-corrected chi connectivity index (χ4v) is 1.97. The summed E-state index contributed by atoms with van der Waals surface area (Å²) in [6.45, 7) is 0. The summed E-state index contributed by atoms with van der Waals surface area (Å²) in [7, 11) is 0. The second-order valence-corrected chi connectivity index (χ2v) is 4.11. The average molecular weight is 221 g/mol. The minimum Gasteiger partial charge on any atom is -0.342 e. The Morgan fingerprint density at radius 2 is 1.94 bits per heavy atom. The Hall–Kier alpha value is -2.09. The van der Waals surface area contributed by atoms with E-state index in [9.17, 15) is 0 Å². The zero-order chi connectivity index (χ0) is 11.5. The lowest BCUT2D eigenvalue weighted by Gasteiger charge is -1.97. The molecule has 0 amide bonds. The summed E-state index contributed by atoms with van der Waals surface area (Å²) in [5.74, 6) is 1.04. The highest BCUT2D eigenvalue weighted by Crippen LogP contribution is 2.11. The number of fused-ring (bicyclic) bond motifs is 1. The van der Waals surface area contributed by atoms with Gasteiger partial charge in [0.2, 0.25) is 0 Å². The van der Waals surface area contributed by atoms with E-state index in [0.29, 0.717) is 0 Å². The molecule has 0 bridgehead atoms. The van der Waals surface area contributed by atoms with Crippen molar-refractivity contribution in [1.82, 2.24) is 9.97 Å². The van der Waals surface area contributed by atoms with Crippen molar-refractivity contribution in [3.8, 4) is 0 Å². The van der Waals surface area contributed by atoms with Crippen LogP contribution in [-0.4, -0.2) is 9.97 Å². The number of benzene rings is 2. The number of nitrogens with one attached hydrogen (secondary N) is 1. The molecule has 0 aliphatic heterocycles. The van der Waals surface area contributed by atoms with Crippen LogP contribution in [0.3, 0.4) is 0 Å². The first-order chi connectivity index (χ1) is 8.42. The number of aromatic nitrogens is 2. The molecule has 83 valence electrons. The summed E-state index contributed by atoms with van der Waals surface area (Å²) >= 11 is 0. The number of H-pyrrole nitrogens is 1. The first kappa shape index (κ1) is 10.1. The van der Waals surface area contributed by atoms with Gasteiger partial charge in [-0.2, -0.15) is 0 Å². The van der Waals surface area contributed by atoms with Gasteiger partial charge in [-0.1, -0.05) is 36.4 Å². The highest BCUT2D eigenvalue weighted by Gasteiger charge is 2.01. The van der Waals surface area contributed by atoms with Gasteiger partial charge in [0.15, 0.2) is 0 Å². The molecule has 1 heterocycles. The van der Waals surface area contributed by atoms with Crippen molar-refractivity contribution in [2.75, 3.05) is 0 Å². The van der Waals surface area contributed by atoms with E-state index in [0.717, 1.165) is 29.7 Å². The van der Waals surface area contributed by atoms with E-state index in [2.05, 4.69) is 40.3 Å². The van der Waals surface area contributed by atoms with E-state index in [1.807, 2.05) is 24.3 Å². The van der Waals surface area contributed by atoms with E-state index in [-0.39, 0.29) is 0 Å². The minimum atomic E-state index is 0.943. The molecule has 0 aliphatic carbocycles. The molecular weight excluding hydrogens is 208 g/mol. The Bertz CT molecular complexity index is 578. The quantitative estimate of drug-likeness (QED) is 0.723. The molecule has 3 aromatic rings. The van der Waals surface area contributed by atoms with Crippen molar-refractivity contribution in [3.05, 3.63) is 66.0 Å². The summed E-state index contributed by atoms with van der Waals surface area (Å²) in [6.07, 6.45) is 1.96. The van der Waals surface area contributed by atoms with Gasteiger partial charge in [0.05, 0.1) is 11.0 Å². The first-order valence-electron chi connectivity index (χ1n) is 5.80. The summed E-state index contributed by atoms with van der Waals surface area (Å²) in [4.78, 5) is 7.88. The van der Waals surface area contributed by atoms with Gasteiger partial charge in [0, 0.05) is 6.42 Å². The van der Waals surface area contributed by atoms with Crippen LogP contribution in [0.4, 0.5) is 0 Å². The predicted molar refractivity (Wildman–Crippen MR) is 68.8 cm³/mol. The molecule has 1 radical (unpaired) electrons. The van der Waals surface area contributed by atoms with Gasteiger partial charge >= 0.3 is 0 Å². The Kier molecular flexibility index (Phi) is 2.62. The molecule has 0 spiro atoms. The van der Waals surface area contributed by atoms with Crippen LogP contribution in [0.15, 0.2) is 48.5 Å². The molecule has 0 aliphatic rings. The molecule has 0 saturated heterocycles. The SMILES string of the molecule is [c]1ccc2nc(CCc3ccccc3)[nH]c2c1. The topological polar surface area (TPSA) is 28.7 Å². The lowest BCUT2D eigenvalue weighted by molar-refractivity contribution is 0.890. The summed E-state index contributed by atoms with van der Waals surface area (Å²) in [5, 5.41) is 0. The molecule has 1 N–H and O–H groups in total. The Balaban J connectivity index is 1.77. The normalized spacial score (nSPS) is 10.8. The maximum absolute atomic E-state index is 4.55. The Morgan fingerprint density at radius 1 is 1.06 bits per heavy atom. The fraction of sp³-hybridized carbons (Fsp3) is 0.133. The first-order valence-corrected chi connectivity index (χ1v) is 5.80. The third kappa shape index (κ3) is 2.21. The van der Waals surface area contributed by atoms with E-state index >= 15 is 0 Å². The van der Waals surface area contributed by atoms with Crippen LogP contribution in [0.2, 0.25) is 0 Å². The highest BCUT2D eigenvalue weighted by molar-refractivity contribution is 5.74. The van der Waals surface area contributed by atoms with Gasteiger partial charge in [-0.05, 0) is 30.2 Å². The van der Waals surface area contributed by atoms with Crippen LogP contribution in [-0.2, 0) is 12.8 Å². The summed E-state index contributed by atoms with van der Waals surface area (Å²) in [6, 6.07) is 19.4. The second kappa shape index (κ2) is 4.42. The van der Waals surface area contributed by atoms with Crippen molar-refractivity contribution in [3.63, 3.8) is 0 Å². The summed E-state index contributed by atoms with van der Waals surface area (Å²) < 4.78 is 0. The van der Waals surface area contributed by atoms with Gasteiger partial charge in [0.25, 0.3) is 0 Å². The number of nitrogens with zero attached hydrogens (tertiary/aromatic N) is 1. The minimum absolute atomic E-state index is 0.943. The molecule has 0 saturated carbocycles. The highest BCUT2D eigenvalue weighted by atomic mass is 14.9. The number of aromatic amines is 1. The van der Waals surface area contributed by atoms with Crippen molar-refractivity contribution in [2.45, 2.75) is 12.8 Å². The molecule has 2 aromatic carbocycles. The zero-order valence-corrected chi connectivity index (χ0v) is 9.48. The van der Waals surface area contributed by atoms with E-state index in [1.54, 1.807) is 0 Å². The maximum Gasteiger partial charge on any atom is 0.107 e. The van der Waals surface area contributed by atoms with Crippen LogP contribution in [0.1, 0.15) is 11.4 Å². The third-order valence-electron chi connectivity index (χ3n) is 2.87. The lowest BCUT2D eigenvalue weighted by atomic mass is 10.1. The molecule has 0 atom stereocenters. The molecule has 3 rings (SSSR count). The molecule has 0 unspecified atom stereocenters.